The number of benzene rings is 1. The molecule has 3 heteroatoms. The van der Waals surface area contributed by atoms with Gasteiger partial charge in [-0.2, -0.15) is 0 Å². The number of hydrogen-bond acceptors (Lipinski definition) is 3. The van der Waals surface area contributed by atoms with E-state index in [1.807, 2.05) is 0 Å². The standard InChI is InChI=1S/C8H8O3/c1-5-2-3-7(9)6(4-5)8(10)11/h2-4,9H,1H3,(H,10,11)/i1D3,2D,3D,4D/hD2. The molecular weight excluding hydrogens is 144 g/mol. The smallest absolute Gasteiger partial charge is 0.339 e. The Morgan fingerprint density at radius 3 is 3.36 bits per heavy atom. The summed E-state index contributed by atoms with van der Waals surface area (Å²) in [4.78, 5) is 11.3. The molecular formula is C8H8O3. The molecule has 0 aliphatic carbocycles. The maximum absolute atomic E-state index is 11.3. The lowest BCUT2D eigenvalue weighted by Gasteiger charge is -1.98. The van der Waals surface area contributed by atoms with Crippen LogP contribution in [0.4, 0.5) is 0 Å². The molecule has 3 nitrogen and oxygen atoms in total. The minimum atomic E-state index is -2.90. The van der Waals surface area contributed by atoms with Gasteiger partial charge in [0.05, 0.1) is 4.11 Å². The zero-order valence-electron chi connectivity index (χ0n) is 13.2. The van der Waals surface area contributed by atoms with Gasteiger partial charge in [0.1, 0.15) is 11.3 Å². The Bertz CT molecular complexity index is 524. The van der Waals surface area contributed by atoms with Crippen LogP contribution in [0.15, 0.2) is 18.1 Å². The van der Waals surface area contributed by atoms with E-state index in [9.17, 15) is 4.79 Å². The molecule has 58 valence electrons. The molecule has 1 aromatic carbocycles. The number of aromatic carboxylic acids is 1. The number of carboxylic acid groups (broad SMARTS) is 1. The highest BCUT2D eigenvalue weighted by Gasteiger charge is 2.07. The number of carboxylic acids is 1. The minimum absolute atomic E-state index is 0.791. The van der Waals surface area contributed by atoms with Gasteiger partial charge >= 0.3 is 5.97 Å². The van der Waals surface area contributed by atoms with Gasteiger partial charge in [-0.15, -0.1) is 0 Å². The molecule has 1 rings (SSSR count). The van der Waals surface area contributed by atoms with Gasteiger partial charge in [-0.3, -0.25) is 0 Å². The zero-order chi connectivity index (χ0) is 15.0. The first kappa shape index (κ1) is 2.24. The van der Waals surface area contributed by atoms with Crippen LogP contribution < -0.4 is 0 Å². The van der Waals surface area contributed by atoms with Crippen molar-refractivity contribution in [2.24, 2.45) is 0 Å². The predicted molar refractivity (Wildman–Crippen MR) is 39.8 cm³/mol. The third kappa shape index (κ3) is 1.49. The van der Waals surface area contributed by atoms with Gasteiger partial charge in [-0.25, -0.2) is 4.79 Å². The van der Waals surface area contributed by atoms with Crippen molar-refractivity contribution in [3.8, 4) is 5.75 Å². The summed E-state index contributed by atoms with van der Waals surface area (Å²) in [6.45, 7) is -2.90. The first-order valence-corrected chi connectivity index (χ1v) is 2.61. The molecule has 11 heavy (non-hydrogen) atoms. The number of hydrogen-bond donors (Lipinski definition) is 2. The average Bonchev–Trinajstić information content (AvgIpc) is 2.30. The van der Waals surface area contributed by atoms with Crippen molar-refractivity contribution in [3.05, 3.63) is 29.3 Å². The van der Waals surface area contributed by atoms with Crippen LogP contribution >= 0.6 is 0 Å². The van der Waals surface area contributed by atoms with Gasteiger partial charge in [0, 0.05) is 4.11 Å². The van der Waals surface area contributed by atoms with E-state index in [4.69, 9.17) is 11.1 Å². The summed E-state index contributed by atoms with van der Waals surface area (Å²) in [5.41, 5.74) is -1.67. The molecule has 0 amide bonds. The largest absolute Gasteiger partial charge is 0.507 e. The lowest BCUT2D eigenvalue weighted by atomic mass is 10.1. The molecule has 0 heterocycles. The second-order valence-corrected chi connectivity index (χ2v) is 1.74. The van der Waals surface area contributed by atoms with Crippen LogP contribution in [0.3, 0.4) is 0 Å². The van der Waals surface area contributed by atoms with E-state index in [0.29, 0.717) is 0 Å². The number of aromatic hydroxyl groups is 1. The second kappa shape index (κ2) is 2.62. The number of rotatable bonds is 2. The third-order valence-corrected chi connectivity index (χ3v) is 0.982. The fourth-order valence-corrected chi connectivity index (χ4v) is 0.539. The van der Waals surface area contributed by atoms with Crippen LogP contribution in [0.5, 0.6) is 5.75 Å². The fraction of sp³-hybridized carbons (Fsp3) is 0.125. The molecule has 0 fully saturated rings. The molecule has 0 aliphatic rings. The van der Waals surface area contributed by atoms with E-state index in [0.717, 1.165) is 0 Å². The Hall–Kier alpha value is -1.51. The highest BCUT2D eigenvalue weighted by Crippen LogP contribution is 2.17. The molecule has 0 bridgehead atoms. The Balaban J connectivity index is 3.82. The molecule has 1 aromatic rings. The second-order valence-electron chi connectivity index (χ2n) is 1.74. The molecule has 0 radical (unpaired) electrons. The van der Waals surface area contributed by atoms with E-state index in [-0.39, 0.29) is 0 Å². The topological polar surface area (TPSA) is 57.5 Å². The maximum atomic E-state index is 11.3. The molecule has 0 aliphatic heterocycles. The van der Waals surface area contributed by atoms with Crippen LogP contribution in [0.2, 0.25) is 0 Å². The Morgan fingerprint density at radius 1 is 1.82 bits per heavy atom. The van der Waals surface area contributed by atoms with E-state index in [2.05, 4.69) is 10.2 Å². The normalized spacial score (nSPS) is 20.4. The molecule has 2 N–H and O–H groups in total. The predicted octanol–water partition coefficient (Wildman–Crippen LogP) is 1.40. The van der Waals surface area contributed by atoms with Gasteiger partial charge in [-0.05, 0) is 18.9 Å². The van der Waals surface area contributed by atoms with E-state index < -0.39 is 47.8 Å². The molecule has 0 atom stereocenters. The Morgan fingerprint density at radius 2 is 2.73 bits per heavy atom. The van der Waals surface area contributed by atoms with Crippen molar-refractivity contribution in [1.82, 2.24) is 0 Å². The summed E-state index contributed by atoms with van der Waals surface area (Å²) in [6.07, 6.45) is 0. The van der Waals surface area contributed by atoms with Crippen molar-refractivity contribution in [1.29, 1.82) is 2.86 Å². The summed E-state index contributed by atoms with van der Waals surface area (Å²) < 4.78 is 57.4. The minimum Gasteiger partial charge on any atom is -0.507 e. The van der Waals surface area contributed by atoms with Gasteiger partial charge in [0.15, 0.2) is 0 Å². The molecule has 0 aromatic heterocycles. The lowest BCUT2D eigenvalue weighted by Crippen LogP contribution is -1.96. The number of carbonyl (C=O) groups is 1. The summed E-state index contributed by atoms with van der Waals surface area (Å²) in [5.74, 6) is -2.23. The highest BCUT2D eigenvalue weighted by atomic mass is 16.4. The Labute approximate surface area is 75.3 Å². The summed E-state index contributed by atoms with van der Waals surface area (Å²) >= 11 is 0. The third-order valence-electron chi connectivity index (χ3n) is 0.982. The highest BCUT2D eigenvalue weighted by molar-refractivity contribution is 5.90. The van der Waals surface area contributed by atoms with Crippen molar-refractivity contribution in [3.63, 3.8) is 0 Å². The zero-order valence-corrected chi connectivity index (χ0v) is 5.22. The van der Waals surface area contributed by atoms with Crippen molar-refractivity contribution in [2.75, 3.05) is 0 Å². The van der Waals surface area contributed by atoms with Crippen molar-refractivity contribution >= 4 is 5.97 Å². The lowest BCUT2D eigenvalue weighted by molar-refractivity contribution is 0.0693. The first-order valence-electron chi connectivity index (χ1n) is 6.43. The van der Waals surface area contributed by atoms with Crippen LogP contribution in [-0.4, -0.2) is 17.6 Å². The summed E-state index contributed by atoms with van der Waals surface area (Å²) in [6, 6.07) is -2.59. The SMILES string of the molecule is [2H]OC(=O)c1c([2H])c(C([2H])([2H])[2H])c([2H])c([2H])c1O[2H]. The van der Waals surface area contributed by atoms with Crippen LogP contribution in [-0.2, 0) is 0 Å². The van der Waals surface area contributed by atoms with Crippen LogP contribution in [0, 0.1) is 6.85 Å². The Kier molecular flexibility index (Phi) is 0.532. The van der Waals surface area contributed by atoms with E-state index in [1.165, 1.54) is 0 Å². The van der Waals surface area contributed by atoms with Crippen molar-refractivity contribution in [2.45, 2.75) is 6.85 Å². The molecule has 0 unspecified atom stereocenters. The van der Waals surface area contributed by atoms with Gasteiger partial charge < -0.3 is 10.2 Å². The van der Waals surface area contributed by atoms with Crippen LogP contribution in [0.1, 0.15) is 24.1 Å². The van der Waals surface area contributed by atoms with Gasteiger partial charge in [-0.1, -0.05) is 11.6 Å². The maximum Gasteiger partial charge on any atom is 0.339 e. The molecule has 0 spiro atoms. The van der Waals surface area contributed by atoms with E-state index in [1.54, 1.807) is 0 Å². The quantitative estimate of drug-likeness (QED) is 0.687. The fourth-order valence-electron chi connectivity index (χ4n) is 0.539. The first-order chi connectivity index (χ1) is 8.66. The average molecular weight is 160 g/mol. The number of phenols is 1. The summed E-state index contributed by atoms with van der Waals surface area (Å²) in [7, 11) is 0. The van der Waals surface area contributed by atoms with Crippen molar-refractivity contribution < 1.29 is 23.2 Å². The van der Waals surface area contributed by atoms with E-state index >= 15 is 0 Å². The molecule has 0 saturated carbocycles. The van der Waals surface area contributed by atoms with Gasteiger partial charge in [0.2, 0.25) is 0 Å². The van der Waals surface area contributed by atoms with Crippen LogP contribution in [0.25, 0.3) is 1.43 Å². The summed E-state index contributed by atoms with van der Waals surface area (Å²) in [5, 5.41) is 7.60. The van der Waals surface area contributed by atoms with Gasteiger partial charge in [0.25, 0.3) is 2.86 Å². The molecule has 0 saturated heterocycles. The monoisotopic (exact) mass is 160 g/mol.